The molecule has 0 saturated carbocycles. The van der Waals surface area contributed by atoms with E-state index in [1.165, 1.54) is 0 Å². The standard InChI is InChI=1S/C22H22Cl2N2O2/c1-28-13-12-26(22(27)17-7-4-8-19(23)14-17)16-20-9-5-11-25(20)15-18-6-2-3-10-21(18)24/h2-11,14H,12-13,15-16H2,1H3. The van der Waals surface area contributed by atoms with Crippen molar-refractivity contribution >= 4 is 29.1 Å². The van der Waals surface area contributed by atoms with Crippen LogP contribution < -0.4 is 0 Å². The summed E-state index contributed by atoms with van der Waals surface area (Å²) in [6, 6.07) is 18.8. The average molecular weight is 417 g/mol. The van der Waals surface area contributed by atoms with Gasteiger partial charge in [0, 0.05) is 47.7 Å². The highest BCUT2D eigenvalue weighted by Crippen LogP contribution is 2.19. The number of amides is 1. The number of methoxy groups -OCH3 is 1. The van der Waals surface area contributed by atoms with Gasteiger partial charge in [-0.2, -0.15) is 0 Å². The van der Waals surface area contributed by atoms with Crippen molar-refractivity contribution in [2.24, 2.45) is 0 Å². The lowest BCUT2D eigenvalue weighted by atomic mass is 10.2. The van der Waals surface area contributed by atoms with Gasteiger partial charge in [-0.1, -0.05) is 47.5 Å². The first-order chi connectivity index (χ1) is 13.6. The quantitative estimate of drug-likeness (QED) is 0.509. The lowest BCUT2D eigenvalue weighted by Gasteiger charge is -2.23. The Kier molecular flexibility index (Phi) is 7.15. The average Bonchev–Trinajstić information content (AvgIpc) is 3.13. The number of benzene rings is 2. The molecular formula is C22H22Cl2N2O2. The van der Waals surface area contributed by atoms with Gasteiger partial charge in [-0.25, -0.2) is 0 Å². The molecule has 3 rings (SSSR count). The third kappa shape index (κ3) is 5.16. The van der Waals surface area contributed by atoms with Crippen molar-refractivity contribution in [1.29, 1.82) is 0 Å². The molecule has 3 aromatic rings. The van der Waals surface area contributed by atoms with Crippen LogP contribution in [0.15, 0.2) is 66.9 Å². The van der Waals surface area contributed by atoms with Crippen LogP contribution in [0.4, 0.5) is 0 Å². The van der Waals surface area contributed by atoms with E-state index in [1.807, 2.05) is 42.6 Å². The number of nitrogens with zero attached hydrogens (tertiary/aromatic N) is 2. The van der Waals surface area contributed by atoms with Crippen LogP contribution in [-0.2, 0) is 17.8 Å². The maximum Gasteiger partial charge on any atom is 0.254 e. The van der Waals surface area contributed by atoms with E-state index in [4.69, 9.17) is 27.9 Å². The number of ether oxygens (including phenoxy) is 1. The molecular weight excluding hydrogens is 395 g/mol. The number of hydrogen-bond donors (Lipinski definition) is 0. The molecule has 0 spiro atoms. The minimum Gasteiger partial charge on any atom is -0.383 e. The topological polar surface area (TPSA) is 34.5 Å². The van der Waals surface area contributed by atoms with E-state index in [0.717, 1.165) is 16.3 Å². The molecule has 0 fully saturated rings. The molecule has 28 heavy (non-hydrogen) atoms. The zero-order chi connectivity index (χ0) is 19.9. The number of aromatic nitrogens is 1. The fourth-order valence-corrected chi connectivity index (χ4v) is 3.40. The first-order valence-electron chi connectivity index (χ1n) is 8.99. The van der Waals surface area contributed by atoms with Crippen molar-refractivity contribution in [3.8, 4) is 0 Å². The van der Waals surface area contributed by atoms with Crippen LogP contribution in [0.1, 0.15) is 21.6 Å². The second-order valence-electron chi connectivity index (χ2n) is 6.45. The minimum atomic E-state index is -0.0787. The zero-order valence-electron chi connectivity index (χ0n) is 15.6. The number of rotatable bonds is 8. The minimum absolute atomic E-state index is 0.0787. The van der Waals surface area contributed by atoms with Gasteiger partial charge in [-0.05, 0) is 42.0 Å². The molecule has 146 valence electrons. The second kappa shape index (κ2) is 9.78. The van der Waals surface area contributed by atoms with Gasteiger partial charge in [0.15, 0.2) is 0 Å². The summed E-state index contributed by atoms with van der Waals surface area (Å²) in [6.07, 6.45) is 2.00. The van der Waals surface area contributed by atoms with Gasteiger partial charge < -0.3 is 14.2 Å². The number of carbonyl (C=O) groups is 1. The van der Waals surface area contributed by atoms with Crippen molar-refractivity contribution in [2.75, 3.05) is 20.3 Å². The summed E-state index contributed by atoms with van der Waals surface area (Å²) in [5, 5.41) is 1.27. The molecule has 2 aromatic carbocycles. The summed E-state index contributed by atoms with van der Waals surface area (Å²) in [7, 11) is 1.63. The highest BCUT2D eigenvalue weighted by molar-refractivity contribution is 6.31. The van der Waals surface area contributed by atoms with E-state index >= 15 is 0 Å². The molecule has 1 aromatic heterocycles. The summed E-state index contributed by atoms with van der Waals surface area (Å²) in [5.74, 6) is -0.0787. The van der Waals surface area contributed by atoms with E-state index in [1.54, 1.807) is 36.3 Å². The molecule has 6 heteroatoms. The summed E-state index contributed by atoms with van der Waals surface area (Å²) >= 11 is 12.4. The SMILES string of the molecule is COCCN(Cc1cccn1Cc1ccccc1Cl)C(=O)c1cccc(Cl)c1. The highest BCUT2D eigenvalue weighted by Gasteiger charge is 2.18. The van der Waals surface area contributed by atoms with Crippen molar-refractivity contribution < 1.29 is 9.53 Å². The summed E-state index contributed by atoms with van der Waals surface area (Å²) in [5.41, 5.74) is 2.62. The number of hydrogen-bond acceptors (Lipinski definition) is 2. The lowest BCUT2D eigenvalue weighted by Crippen LogP contribution is -2.34. The fraction of sp³-hybridized carbons (Fsp3) is 0.227. The van der Waals surface area contributed by atoms with Crippen molar-refractivity contribution in [3.63, 3.8) is 0 Å². The van der Waals surface area contributed by atoms with Crippen molar-refractivity contribution in [3.05, 3.63) is 93.7 Å². The molecule has 0 aliphatic rings. The van der Waals surface area contributed by atoms with E-state index in [0.29, 0.717) is 36.8 Å². The summed E-state index contributed by atoms with van der Waals surface area (Å²) in [6.45, 7) is 2.05. The van der Waals surface area contributed by atoms with Crippen LogP contribution >= 0.6 is 23.2 Å². The molecule has 0 saturated heterocycles. The highest BCUT2D eigenvalue weighted by atomic mass is 35.5. The molecule has 0 aliphatic heterocycles. The molecule has 4 nitrogen and oxygen atoms in total. The summed E-state index contributed by atoms with van der Waals surface area (Å²) < 4.78 is 7.30. The van der Waals surface area contributed by atoms with Gasteiger partial charge in [0.05, 0.1) is 13.2 Å². The van der Waals surface area contributed by atoms with E-state index in [2.05, 4.69) is 4.57 Å². The summed E-state index contributed by atoms with van der Waals surface area (Å²) in [4.78, 5) is 14.8. The van der Waals surface area contributed by atoms with E-state index in [-0.39, 0.29) is 5.91 Å². The van der Waals surface area contributed by atoms with Crippen molar-refractivity contribution in [1.82, 2.24) is 9.47 Å². The van der Waals surface area contributed by atoms with Crippen LogP contribution in [-0.4, -0.2) is 35.6 Å². The number of halogens is 2. The Morgan fingerprint density at radius 3 is 2.64 bits per heavy atom. The Morgan fingerprint density at radius 1 is 1.07 bits per heavy atom. The van der Waals surface area contributed by atoms with Gasteiger partial charge in [0.1, 0.15) is 0 Å². The third-order valence-electron chi connectivity index (χ3n) is 4.50. The normalized spacial score (nSPS) is 10.8. The van der Waals surface area contributed by atoms with Gasteiger partial charge in [0.25, 0.3) is 5.91 Å². The van der Waals surface area contributed by atoms with Crippen LogP contribution in [0.3, 0.4) is 0 Å². The first-order valence-corrected chi connectivity index (χ1v) is 9.75. The molecule has 0 N–H and O–H groups in total. The Hall–Kier alpha value is -2.27. The molecule has 0 bridgehead atoms. The van der Waals surface area contributed by atoms with Gasteiger partial charge in [0.2, 0.25) is 0 Å². The van der Waals surface area contributed by atoms with Crippen LogP contribution in [0, 0.1) is 0 Å². The van der Waals surface area contributed by atoms with Crippen LogP contribution in [0.2, 0.25) is 10.0 Å². The van der Waals surface area contributed by atoms with Crippen molar-refractivity contribution in [2.45, 2.75) is 13.1 Å². The zero-order valence-corrected chi connectivity index (χ0v) is 17.2. The fourth-order valence-electron chi connectivity index (χ4n) is 3.01. The third-order valence-corrected chi connectivity index (χ3v) is 5.10. The van der Waals surface area contributed by atoms with Crippen LogP contribution in [0.5, 0.6) is 0 Å². The Bertz CT molecular complexity index is 940. The predicted octanol–water partition coefficient (Wildman–Crippen LogP) is 5.13. The van der Waals surface area contributed by atoms with E-state index < -0.39 is 0 Å². The Morgan fingerprint density at radius 2 is 1.89 bits per heavy atom. The maximum atomic E-state index is 13.0. The smallest absolute Gasteiger partial charge is 0.254 e. The Balaban J connectivity index is 1.81. The predicted molar refractivity (Wildman–Crippen MR) is 113 cm³/mol. The largest absolute Gasteiger partial charge is 0.383 e. The molecule has 0 unspecified atom stereocenters. The Labute approximate surface area is 175 Å². The molecule has 1 amide bonds. The van der Waals surface area contributed by atoms with Gasteiger partial charge >= 0.3 is 0 Å². The monoisotopic (exact) mass is 416 g/mol. The van der Waals surface area contributed by atoms with E-state index in [9.17, 15) is 4.79 Å². The van der Waals surface area contributed by atoms with Crippen LogP contribution in [0.25, 0.3) is 0 Å². The van der Waals surface area contributed by atoms with Gasteiger partial charge in [-0.3, -0.25) is 4.79 Å². The van der Waals surface area contributed by atoms with Gasteiger partial charge in [-0.15, -0.1) is 0 Å². The second-order valence-corrected chi connectivity index (χ2v) is 7.29. The molecule has 0 aliphatic carbocycles. The molecule has 0 atom stereocenters. The molecule has 1 heterocycles. The first kappa shape index (κ1) is 20.5. The number of carbonyl (C=O) groups excluding carboxylic acids is 1. The molecule has 0 radical (unpaired) electrons. The lowest BCUT2D eigenvalue weighted by molar-refractivity contribution is 0.0676. The maximum absolute atomic E-state index is 13.0.